The summed E-state index contributed by atoms with van der Waals surface area (Å²) in [6, 6.07) is 7.54. The second-order valence-corrected chi connectivity index (χ2v) is 2.88. The molecule has 0 fully saturated rings. The van der Waals surface area contributed by atoms with Crippen LogP contribution in [0.25, 0.3) is 10.1 Å². The fraction of sp³-hybridized carbons (Fsp3) is 0. The van der Waals surface area contributed by atoms with E-state index in [1.54, 1.807) is 0 Å². The molecule has 0 aliphatic heterocycles. The molecule has 0 saturated heterocycles. The van der Waals surface area contributed by atoms with Gasteiger partial charge in [-0.15, -0.1) is 0 Å². The quantitative estimate of drug-likeness (QED) is 0.470. The number of aromatic nitrogens is 1. The summed E-state index contributed by atoms with van der Waals surface area (Å²) < 4.78 is 3.68. The third-order valence-corrected chi connectivity index (χ3v) is 2.25. The summed E-state index contributed by atoms with van der Waals surface area (Å²) in [7, 11) is 0. The Bertz CT molecular complexity index is 406. The largest absolute Gasteiger partial charge is 1.00 e. The molecule has 0 atom stereocenters. The fourth-order valence-corrected chi connectivity index (χ4v) is 1.63. The maximum atomic E-state index is 10.9. The van der Waals surface area contributed by atoms with Gasteiger partial charge in [-0.05, 0) is 12.1 Å². The summed E-state index contributed by atoms with van der Waals surface area (Å²) in [6.45, 7) is 0. The maximum Gasteiger partial charge on any atom is 1.00 e. The molecule has 2 nitrogen and oxygen atoms in total. The molecule has 2 aromatic rings. The Kier molecular flexibility index (Phi) is 2.56. The van der Waals surface area contributed by atoms with E-state index >= 15 is 0 Å². The molecule has 0 spiro atoms. The molecule has 1 aromatic heterocycles. The van der Waals surface area contributed by atoms with Crippen molar-refractivity contribution in [3.8, 4) is 0 Å². The number of H-pyrrole nitrogens is 1. The molecule has 0 saturated carbocycles. The third kappa shape index (κ3) is 1.41. The molecular formula is C7H5LiNOS+. The van der Waals surface area contributed by atoms with Crippen LogP contribution >= 0.6 is 11.5 Å². The molecule has 0 aliphatic carbocycles. The van der Waals surface area contributed by atoms with Gasteiger partial charge in [-0.3, -0.25) is 9.17 Å². The molecule has 0 bridgehead atoms. The summed E-state index contributed by atoms with van der Waals surface area (Å²) in [5.41, 5.74) is 0.0144. The van der Waals surface area contributed by atoms with Crippen LogP contribution in [-0.4, -0.2) is 4.37 Å². The van der Waals surface area contributed by atoms with Crippen LogP contribution in [0.2, 0.25) is 0 Å². The van der Waals surface area contributed by atoms with Crippen molar-refractivity contribution in [1.29, 1.82) is 0 Å². The number of aromatic amines is 1. The topological polar surface area (TPSA) is 32.9 Å². The Morgan fingerprint density at radius 2 is 2.00 bits per heavy atom. The molecule has 50 valence electrons. The number of hydrogen-bond acceptors (Lipinski definition) is 2. The first-order valence-electron chi connectivity index (χ1n) is 2.94. The van der Waals surface area contributed by atoms with Crippen molar-refractivity contribution in [2.24, 2.45) is 0 Å². The van der Waals surface area contributed by atoms with Gasteiger partial charge in [0.15, 0.2) is 0 Å². The van der Waals surface area contributed by atoms with Crippen molar-refractivity contribution in [1.82, 2.24) is 4.37 Å². The van der Waals surface area contributed by atoms with Crippen molar-refractivity contribution in [2.45, 2.75) is 0 Å². The van der Waals surface area contributed by atoms with Gasteiger partial charge in [0, 0.05) is 0 Å². The van der Waals surface area contributed by atoms with E-state index in [4.69, 9.17) is 0 Å². The first kappa shape index (κ1) is 8.60. The molecule has 11 heavy (non-hydrogen) atoms. The molecule has 0 aliphatic rings. The van der Waals surface area contributed by atoms with Crippen molar-refractivity contribution in [3.63, 3.8) is 0 Å². The third-order valence-electron chi connectivity index (χ3n) is 1.39. The Balaban J connectivity index is 0.000000605. The van der Waals surface area contributed by atoms with Crippen molar-refractivity contribution < 1.29 is 18.9 Å². The van der Waals surface area contributed by atoms with Crippen molar-refractivity contribution in [2.75, 3.05) is 0 Å². The molecule has 1 N–H and O–H groups in total. The van der Waals surface area contributed by atoms with E-state index in [9.17, 15) is 4.79 Å². The first-order chi connectivity index (χ1) is 4.88. The Labute approximate surface area is 79.6 Å². The summed E-state index contributed by atoms with van der Waals surface area (Å²) in [6.07, 6.45) is 0. The molecule has 2 rings (SSSR count). The minimum Gasteiger partial charge on any atom is -0.277 e. The molecule has 0 amide bonds. The van der Waals surface area contributed by atoms with Gasteiger partial charge >= 0.3 is 18.9 Å². The minimum atomic E-state index is 0. The second-order valence-electron chi connectivity index (χ2n) is 2.03. The Morgan fingerprint density at radius 3 is 2.73 bits per heavy atom. The summed E-state index contributed by atoms with van der Waals surface area (Å²) >= 11 is 1.38. The standard InChI is InChI=1S/C7H5NOS.Li/c9-7-5-3-1-2-4-6(5)10-8-7;/h1-4H,(H,8,9);/q;+1. The van der Waals surface area contributed by atoms with Gasteiger partial charge in [-0.25, -0.2) is 0 Å². The van der Waals surface area contributed by atoms with E-state index in [0.29, 0.717) is 0 Å². The molecule has 1 heterocycles. The van der Waals surface area contributed by atoms with Gasteiger partial charge in [0.25, 0.3) is 5.56 Å². The van der Waals surface area contributed by atoms with Crippen LogP contribution < -0.4 is 24.4 Å². The van der Waals surface area contributed by atoms with E-state index < -0.39 is 0 Å². The van der Waals surface area contributed by atoms with E-state index in [0.717, 1.165) is 10.1 Å². The van der Waals surface area contributed by atoms with Gasteiger partial charge in [0.2, 0.25) is 0 Å². The van der Waals surface area contributed by atoms with E-state index in [1.165, 1.54) is 11.5 Å². The van der Waals surface area contributed by atoms with Crippen LogP contribution in [-0.2, 0) is 0 Å². The zero-order valence-corrected chi connectivity index (χ0v) is 6.94. The van der Waals surface area contributed by atoms with Crippen molar-refractivity contribution >= 4 is 21.6 Å². The van der Waals surface area contributed by atoms with E-state index in [1.807, 2.05) is 24.3 Å². The fourth-order valence-electron chi connectivity index (χ4n) is 0.900. The molecule has 0 unspecified atom stereocenters. The zero-order valence-electron chi connectivity index (χ0n) is 6.13. The predicted octanol–water partition coefficient (Wildman–Crippen LogP) is -1.41. The van der Waals surface area contributed by atoms with Crippen LogP contribution in [0, 0.1) is 0 Å². The Morgan fingerprint density at radius 1 is 1.27 bits per heavy atom. The number of hydrogen-bond donors (Lipinski definition) is 1. The summed E-state index contributed by atoms with van der Waals surface area (Å²) in [4.78, 5) is 10.9. The molecular weight excluding hydrogens is 153 g/mol. The van der Waals surface area contributed by atoms with Crippen LogP contribution in [0.4, 0.5) is 0 Å². The minimum absolute atomic E-state index is 0. The van der Waals surface area contributed by atoms with Gasteiger partial charge < -0.3 is 0 Å². The van der Waals surface area contributed by atoms with Gasteiger partial charge in [-0.1, -0.05) is 23.7 Å². The average molecular weight is 158 g/mol. The normalized spacial score (nSPS) is 9.45. The summed E-state index contributed by atoms with van der Waals surface area (Å²) in [5.74, 6) is 0. The predicted molar refractivity (Wildman–Crippen MR) is 42.4 cm³/mol. The number of nitrogens with one attached hydrogen (secondary N) is 1. The Hall–Kier alpha value is -0.493. The van der Waals surface area contributed by atoms with E-state index in [-0.39, 0.29) is 24.4 Å². The first-order valence-corrected chi connectivity index (χ1v) is 3.76. The van der Waals surface area contributed by atoms with Gasteiger partial charge in [0.05, 0.1) is 10.1 Å². The number of benzene rings is 1. The maximum absolute atomic E-state index is 10.9. The summed E-state index contributed by atoms with van der Waals surface area (Å²) in [5, 5.41) is 0.785. The number of rotatable bonds is 0. The van der Waals surface area contributed by atoms with Crippen LogP contribution in [0.1, 0.15) is 0 Å². The monoisotopic (exact) mass is 158 g/mol. The second kappa shape index (κ2) is 3.27. The zero-order chi connectivity index (χ0) is 6.97. The molecule has 4 heteroatoms. The SMILES string of the molecule is O=c1[nH]sc2ccccc12.[Li+]. The van der Waals surface area contributed by atoms with Crippen LogP contribution in [0.5, 0.6) is 0 Å². The van der Waals surface area contributed by atoms with Crippen LogP contribution in [0.15, 0.2) is 29.1 Å². The van der Waals surface area contributed by atoms with Gasteiger partial charge in [-0.2, -0.15) is 0 Å². The smallest absolute Gasteiger partial charge is 0.277 e. The van der Waals surface area contributed by atoms with Gasteiger partial charge in [0.1, 0.15) is 0 Å². The molecule has 0 radical (unpaired) electrons. The van der Waals surface area contributed by atoms with E-state index in [2.05, 4.69) is 4.37 Å². The van der Waals surface area contributed by atoms with Crippen LogP contribution in [0.3, 0.4) is 0 Å². The average Bonchev–Trinajstić information content (AvgIpc) is 2.34. The van der Waals surface area contributed by atoms with Crippen molar-refractivity contribution in [3.05, 3.63) is 34.6 Å². The molecule has 1 aromatic carbocycles. The number of fused-ring (bicyclic) bond motifs is 1.